The summed E-state index contributed by atoms with van der Waals surface area (Å²) in [6.07, 6.45) is 0. The number of halogens is 2. The number of hydrogen-bond donors (Lipinski definition) is 0. The van der Waals surface area contributed by atoms with E-state index in [2.05, 4.69) is 86.6 Å². The van der Waals surface area contributed by atoms with Gasteiger partial charge in [-0.25, -0.2) is 0 Å². The number of benzene rings is 2. The fourth-order valence-electron chi connectivity index (χ4n) is 5.26. The summed E-state index contributed by atoms with van der Waals surface area (Å²) in [5.74, 6) is 1.63. The van der Waals surface area contributed by atoms with Crippen LogP contribution in [0.2, 0.25) is 0 Å². The molecule has 0 aliphatic carbocycles. The summed E-state index contributed by atoms with van der Waals surface area (Å²) in [6, 6.07) is 8.84. The van der Waals surface area contributed by atoms with Gasteiger partial charge in [0.15, 0.2) is 0 Å². The molecule has 0 atom stereocenters. The number of fused-ring (bicyclic) bond motifs is 3. The molecule has 0 spiro atoms. The summed E-state index contributed by atoms with van der Waals surface area (Å²) < 4.78 is 14.0. The van der Waals surface area contributed by atoms with Crippen molar-refractivity contribution in [2.24, 2.45) is 0 Å². The van der Waals surface area contributed by atoms with Crippen LogP contribution in [0.25, 0.3) is 0 Å². The maximum atomic E-state index is 7.51. The van der Waals surface area contributed by atoms with Crippen LogP contribution in [0.4, 0.5) is 0 Å². The molecular weight excluding hydrogens is 457 g/mol. The average molecular weight is 495 g/mol. The minimum absolute atomic E-state index is 0.104. The Kier molecular flexibility index (Phi) is 5.17. The molecule has 0 aromatic heterocycles. The number of rotatable bonds is 1. The quantitative estimate of drug-likeness (QED) is 0.300. The SMILES string of the molecule is CC[N+]12Cc3cc(C)cc(C(C)(C)C)c3O[Si-]1(Cl)(Cl)Oc1c(cc(C)cc1C(C)(C)C)C2. The van der Waals surface area contributed by atoms with Crippen LogP contribution in [-0.4, -0.2) is 17.3 Å². The van der Waals surface area contributed by atoms with Gasteiger partial charge in [-0.3, -0.25) is 0 Å². The Bertz CT molecular complexity index is 1030. The van der Waals surface area contributed by atoms with Gasteiger partial charge in [-0.1, -0.05) is 0 Å². The van der Waals surface area contributed by atoms with Crippen molar-refractivity contribution >= 4 is 28.8 Å². The summed E-state index contributed by atoms with van der Waals surface area (Å²) in [4.78, 5) is 0. The standard InChI is InChI=1S/C26H37Cl2NO2Si/c1-10-29-15-19-11-17(2)13-21(25(4,5)6)23(19)30-32(29,27,28)31-24-20(16-29)12-18(3)14-22(24)26(7,8)9/h11-14H,10,15-16H2,1-9H3. The second kappa shape index (κ2) is 6.91. The van der Waals surface area contributed by atoms with E-state index in [0.717, 1.165) is 29.2 Å². The van der Waals surface area contributed by atoms with Gasteiger partial charge >= 0.3 is 204 Å². The predicted molar refractivity (Wildman–Crippen MR) is 137 cm³/mol. The van der Waals surface area contributed by atoms with Crippen LogP contribution >= 0.6 is 22.2 Å². The van der Waals surface area contributed by atoms with Crippen LogP contribution < -0.4 is 8.85 Å². The van der Waals surface area contributed by atoms with Gasteiger partial charge in [-0.05, 0) is 0 Å². The first-order chi connectivity index (χ1) is 14.5. The summed E-state index contributed by atoms with van der Waals surface area (Å²) in [5, 5.41) is 0. The third-order valence-electron chi connectivity index (χ3n) is 7.07. The van der Waals surface area contributed by atoms with E-state index in [4.69, 9.17) is 31.0 Å². The molecule has 4 rings (SSSR count). The second-order valence-corrected chi connectivity index (χ2v) is 19.5. The average Bonchev–Trinajstić information content (AvgIpc) is 2.62. The van der Waals surface area contributed by atoms with Crippen LogP contribution in [-0.2, 0) is 23.9 Å². The van der Waals surface area contributed by atoms with Crippen molar-refractivity contribution in [3.05, 3.63) is 57.6 Å². The van der Waals surface area contributed by atoms with E-state index in [1.54, 1.807) is 0 Å². The molecule has 0 saturated carbocycles. The first-order valence-corrected chi connectivity index (χ1v) is 15.9. The fourth-order valence-corrected chi connectivity index (χ4v) is 10.5. The van der Waals surface area contributed by atoms with Crippen molar-refractivity contribution in [1.82, 2.24) is 0 Å². The number of quaternary nitrogens is 1. The van der Waals surface area contributed by atoms with Crippen molar-refractivity contribution in [1.29, 1.82) is 0 Å². The van der Waals surface area contributed by atoms with Crippen molar-refractivity contribution in [3.63, 3.8) is 0 Å². The molecule has 2 aromatic carbocycles. The van der Waals surface area contributed by atoms with E-state index in [1.165, 1.54) is 22.3 Å². The van der Waals surface area contributed by atoms with Crippen molar-refractivity contribution in [2.75, 3.05) is 6.54 Å². The van der Waals surface area contributed by atoms with Gasteiger partial charge < -0.3 is 0 Å². The summed E-state index contributed by atoms with van der Waals surface area (Å²) in [5.41, 5.74) is 6.84. The van der Waals surface area contributed by atoms with Crippen molar-refractivity contribution in [2.45, 2.75) is 86.2 Å². The van der Waals surface area contributed by atoms with Crippen LogP contribution in [0.5, 0.6) is 11.5 Å². The number of aryl methyl sites for hydroxylation is 2. The molecule has 32 heavy (non-hydrogen) atoms. The van der Waals surface area contributed by atoms with Crippen LogP contribution in [0.3, 0.4) is 0 Å². The Morgan fingerprint density at radius 2 is 1.16 bits per heavy atom. The molecule has 0 fully saturated rings. The van der Waals surface area contributed by atoms with Gasteiger partial charge in [-0.15, -0.1) is 0 Å². The molecular formula is C26H37Cl2NO2Si. The van der Waals surface area contributed by atoms with Gasteiger partial charge in [0.05, 0.1) is 0 Å². The zero-order valence-electron chi connectivity index (χ0n) is 21.0. The Morgan fingerprint density at radius 1 is 0.781 bits per heavy atom. The third kappa shape index (κ3) is 3.49. The third-order valence-corrected chi connectivity index (χ3v) is 13.3. The normalized spacial score (nSPS) is 24.7. The van der Waals surface area contributed by atoms with E-state index in [0.29, 0.717) is 17.2 Å². The Morgan fingerprint density at radius 3 is 1.47 bits per heavy atom. The van der Waals surface area contributed by atoms with Gasteiger partial charge in [0.1, 0.15) is 0 Å². The monoisotopic (exact) mass is 493 g/mol. The van der Waals surface area contributed by atoms with E-state index in [9.17, 15) is 0 Å². The first kappa shape index (κ1) is 23.9. The fraction of sp³-hybridized carbons (Fsp3) is 0.538. The molecule has 0 amide bonds. The molecule has 0 radical (unpaired) electrons. The van der Waals surface area contributed by atoms with Crippen LogP contribution in [0.1, 0.15) is 81.8 Å². The molecule has 2 aliphatic rings. The zero-order chi connectivity index (χ0) is 23.9. The van der Waals surface area contributed by atoms with Crippen LogP contribution in [0, 0.1) is 13.8 Å². The van der Waals surface area contributed by atoms with Crippen molar-refractivity contribution < 1.29 is 13.0 Å². The summed E-state index contributed by atoms with van der Waals surface area (Å²) in [7, 11) is 0. The molecule has 3 nitrogen and oxygen atoms in total. The van der Waals surface area contributed by atoms with E-state index < -0.39 is 6.62 Å². The van der Waals surface area contributed by atoms with Gasteiger partial charge in [0.2, 0.25) is 0 Å². The molecule has 2 aliphatic heterocycles. The molecule has 0 unspecified atom stereocenters. The molecule has 6 heteroatoms. The molecule has 2 heterocycles. The topological polar surface area (TPSA) is 18.5 Å². The zero-order valence-corrected chi connectivity index (χ0v) is 23.5. The molecule has 176 valence electrons. The Balaban J connectivity index is 1.99. The van der Waals surface area contributed by atoms with E-state index >= 15 is 0 Å². The van der Waals surface area contributed by atoms with Gasteiger partial charge in [0, 0.05) is 0 Å². The molecule has 0 bridgehead atoms. The van der Waals surface area contributed by atoms with Gasteiger partial charge in [-0.2, -0.15) is 0 Å². The van der Waals surface area contributed by atoms with Gasteiger partial charge in [0.25, 0.3) is 0 Å². The Labute approximate surface area is 203 Å². The summed E-state index contributed by atoms with van der Waals surface area (Å²) in [6.45, 7) is 17.3. The second-order valence-electron chi connectivity index (χ2n) is 11.9. The molecule has 0 N–H and O–H groups in total. The molecule has 2 aromatic rings. The number of nitrogens with zero attached hydrogens (tertiary/aromatic N) is 1. The molecule has 0 saturated heterocycles. The summed E-state index contributed by atoms with van der Waals surface area (Å²) >= 11 is 15.0. The predicted octanol–water partition coefficient (Wildman–Crippen LogP) is 7.58. The number of hydrogen-bond acceptors (Lipinski definition) is 2. The maximum absolute atomic E-state index is 7.51. The first-order valence-electron chi connectivity index (χ1n) is 11.6. The van der Waals surface area contributed by atoms with Crippen LogP contribution in [0.15, 0.2) is 24.3 Å². The van der Waals surface area contributed by atoms with Crippen molar-refractivity contribution in [3.8, 4) is 11.5 Å². The van der Waals surface area contributed by atoms with E-state index in [-0.39, 0.29) is 10.8 Å². The minimum atomic E-state index is -4.51. The van der Waals surface area contributed by atoms with E-state index in [1.807, 2.05) is 0 Å². The Hall–Kier alpha value is -1.20.